The number of anilines is 1. The fourth-order valence-electron chi connectivity index (χ4n) is 1.42. The first-order chi connectivity index (χ1) is 8.56. The maximum Gasteiger partial charge on any atom is 0.145 e. The minimum atomic E-state index is -0.426. The van der Waals surface area contributed by atoms with E-state index in [2.05, 4.69) is 15.9 Å². The number of nitrogens with two attached hydrogens (primary N) is 1. The lowest BCUT2D eigenvalue weighted by Gasteiger charge is -2.10. The molecule has 0 saturated heterocycles. The predicted octanol–water partition coefficient (Wildman–Crippen LogP) is 3.46. The molecular formula is C13H11BrFNO2. The van der Waals surface area contributed by atoms with Gasteiger partial charge in [-0.2, -0.15) is 0 Å². The Morgan fingerprint density at radius 2 is 1.89 bits per heavy atom. The lowest BCUT2D eigenvalue weighted by atomic mass is 10.2. The molecule has 0 fully saturated rings. The van der Waals surface area contributed by atoms with E-state index in [-0.39, 0.29) is 12.4 Å². The van der Waals surface area contributed by atoms with Crippen LogP contribution in [0.4, 0.5) is 10.1 Å². The number of phenols is 1. The first kappa shape index (κ1) is 12.7. The number of benzene rings is 2. The topological polar surface area (TPSA) is 55.5 Å². The van der Waals surface area contributed by atoms with Crippen LogP contribution >= 0.6 is 15.9 Å². The zero-order valence-electron chi connectivity index (χ0n) is 9.36. The quantitative estimate of drug-likeness (QED) is 0.854. The maximum atomic E-state index is 13.3. The van der Waals surface area contributed by atoms with E-state index in [9.17, 15) is 4.39 Å². The molecule has 2 aromatic carbocycles. The molecule has 2 aromatic rings. The summed E-state index contributed by atoms with van der Waals surface area (Å²) in [6.45, 7) is 0.256. The Morgan fingerprint density at radius 1 is 1.22 bits per heavy atom. The summed E-state index contributed by atoms with van der Waals surface area (Å²) in [4.78, 5) is 0. The van der Waals surface area contributed by atoms with E-state index in [1.54, 1.807) is 24.3 Å². The van der Waals surface area contributed by atoms with Crippen LogP contribution in [0.25, 0.3) is 0 Å². The summed E-state index contributed by atoms with van der Waals surface area (Å²) in [5, 5.41) is 9.14. The van der Waals surface area contributed by atoms with E-state index >= 15 is 0 Å². The van der Waals surface area contributed by atoms with Crippen molar-refractivity contribution in [1.82, 2.24) is 0 Å². The minimum absolute atomic E-state index is 0.188. The molecule has 0 aromatic heterocycles. The highest BCUT2D eigenvalue weighted by atomic mass is 79.9. The van der Waals surface area contributed by atoms with E-state index < -0.39 is 5.82 Å². The second-order valence-electron chi connectivity index (χ2n) is 3.76. The third-order valence-corrected chi connectivity index (χ3v) is 2.99. The van der Waals surface area contributed by atoms with E-state index in [1.165, 1.54) is 12.1 Å². The Labute approximate surface area is 112 Å². The first-order valence-corrected chi connectivity index (χ1v) is 6.01. The van der Waals surface area contributed by atoms with E-state index in [0.717, 1.165) is 5.56 Å². The second-order valence-corrected chi connectivity index (χ2v) is 4.61. The lowest BCUT2D eigenvalue weighted by Crippen LogP contribution is -1.99. The summed E-state index contributed by atoms with van der Waals surface area (Å²) in [7, 11) is 0. The molecule has 0 spiro atoms. The summed E-state index contributed by atoms with van der Waals surface area (Å²) < 4.78 is 19.1. The Morgan fingerprint density at radius 3 is 2.56 bits per heavy atom. The molecule has 0 heterocycles. The summed E-state index contributed by atoms with van der Waals surface area (Å²) in [5.41, 5.74) is 6.94. The smallest absolute Gasteiger partial charge is 0.145 e. The zero-order valence-corrected chi connectivity index (χ0v) is 10.9. The molecule has 3 N–H and O–H groups in total. The highest BCUT2D eigenvalue weighted by Gasteiger charge is 2.07. The number of hydrogen-bond donors (Lipinski definition) is 2. The number of phenolic OH excluding ortho intramolecular Hbond substituents is 1. The molecular weight excluding hydrogens is 301 g/mol. The lowest BCUT2D eigenvalue weighted by molar-refractivity contribution is 0.306. The Balaban J connectivity index is 2.10. The summed E-state index contributed by atoms with van der Waals surface area (Å²) in [6, 6.07) is 9.26. The van der Waals surface area contributed by atoms with Crippen molar-refractivity contribution in [2.24, 2.45) is 0 Å². The summed E-state index contributed by atoms with van der Waals surface area (Å²) in [6.07, 6.45) is 0. The van der Waals surface area contributed by atoms with E-state index in [4.69, 9.17) is 15.6 Å². The third kappa shape index (κ3) is 2.92. The molecule has 0 amide bonds. The Hall–Kier alpha value is -1.75. The van der Waals surface area contributed by atoms with Crippen LogP contribution in [0.1, 0.15) is 5.56 Å². The maximum absolute atomic E-state index is 13.3. The van der Waals surface area contributed by atoms with Gasteiger partial charge in [-0.05, 0) is 39.7 Å². The largest absolute Gasteiger partial charge is 0.508 e. The van der Waals surface area contributed by atoms with Gasteiger partial charge in [0.25, 0.3) is 0 Å². The molecule has 0 bridgehead atoms. The molecule has 0 saturated carbocycles. The Bertz CT molecular complexity index is 558. The molecule has 0 aliphatic carbocycles. The monoisotopic (exact) mass is 311 g/mol. The third-order valence-electron chi connectivity index (χ3n) is 2.38. The van der Waals surface area contributed by atoms with E-state index in [0.29, 0.717) is 15.9 Å². The van der Waals surface area contributed by atoms with Gasteiger partial charge in [0, 0.05) is 6.07 Å². The molecule has 94 valence electrons. The molecule has 0 aliphatic heterocycles. The van der Waals surface area contributed by atoms with Crippen LogP contribution in [0.15, 0.2) is 40.9 Å². The SMILES string of the molecule is Nc1cc(Br)c(F)cc1OCc1ccc(O)cc1. The average Bonchev–Trinajstić information content (AvgIpc) is 2.34. The molecule has 18 heavy (non-hydrogen) atoms. The van der Waals surface area contributed by atoms with Crippen molar-refractivity contribution >= 4 is 21.6 Å². The molecule has 0 aliphatic rings. The molecule has 0 unspecified atom stereocenters. The van der Waals surface area contributed by atoms with Gasteiger partial charge in [-0.15, -0.1) is 0 Å². The van der Waals surface area contributed by atoms with Crippen molar-refractivity contribution in [2.45, 2.75) is 6.61 Å². The fourth-order valence-corrected chi connectivity index (χ4v) is 1.78. The van der Waals surface area contributed by atoms with Gasteiger partial charge in [-0.1, -0.05) is 12.1 Å². The number of aromatic hydroxyl groups is 1. The van der Waals surface area contributed by atoms with Gasteiger partial charge in [0.05, 0.1) is 10.2 Å². The summed E-state index contributed by atoms with van der Waals surface area (Å²) >= 11 is 3.05. The molecule has 3 nitrogen and oxygen atoms in total. The van der Waals surface area contributed by atoms with Gasteiger partial charge in [-0.3, -0.25) is 0 Å². The number of halogens is 2. The highest BCUT2D eigenvalue weighted by molar-refractivity contribution is 9.10. The highest BCUT2D eigenvalue weighted by Crippen LogP contribution is 2.29. The van der Waals surface area contributed by atoms with Crippen molar-refractivity contribution < 1.29 is 14.2 Å². The van der Waals surface area contributed by atoms with Crippen LogP contribution in [-0.2, 0) is 6.61 Å². The van der Waals surface area contributed by atoms with Crippen molar-refractivity contribution in [3.8, 4) is 11.5 Å². The van der Waals surface area contributed by atoms with Gasteiger partial charge >= 0.3 is 0 Å². The van der Waals surface area contributed by atoms with Crippen LogP contribution in [0.2, 0.25) is 0 Å². The number of nitrogen functional groups attached to an aromatic ring is 1. The van der Waals surface area contributed by atoms with Gasteiger partial charge < -0.3 is 15.6 Å². The van der Waals surface area contributed by atoms with Crippen LogP contribution in [0, 0.1) is 5.82 Å². The normalized spacial score (nSPS) is 10.3. The second kappa shape index (κ2) is 5.27. The standard InChI is InChI=1S/C13H11BrFNO2/c14-10-5-12(16)13(6-11(10)15)18-7-8-1-3-9(17)4-2-8/h1-6,17H,7,16H2. The van der Waals surface area contributed by atoms with Crippen LogP contribution < -0.4 is 10.5 Å². The summed E-state index contributed by atoms with van der Waals surface area (Å²) in [5.74, 6) is 0.0571. The Kier molecular flexibility index (Phi) is 3.72. The van der Waals surface area contributed by atoms with Crippen LogP contribution in [-0.4, -0.2) is 5.11 Å². The first-order valence-electron chi connectivity index (χ1n) is 5.21. The van der Waals surface area contributed by atoms with Crippen molar-refractivity contribution in [3.05, 3.63) is 52.3 Å². The van der Waals surface area contributed by atoms with Crippen LogP contribution in [0.3, 0.4) is 0 Å². The predicted molar refractivity (Wildman–Crippen MR) is 71.0 cm³/mol. The molecule has 5 heteroatoms. The van der Waals surface area contributed by atoms with Crippen molar-refractivity contribution in [3.63, 3.8) is 0 Å². The van der Waals surface area contributed by atoms with Crippen molar-refractivity contribution in [2.75, 3.05) is 5.73 Å². The van der Waals surface area contributed by atoms with Gasteiger partial charge in [0.2, 0.25) is 0 Å². The fraction of sp³-hybridized carbons (Fsp3) is 0.0769. The van der Waals surface area contributed by atoms with Gasteiger partial charge in [0.1, 0.15) is 23.9 Å². The molecule has 0 radical (unpaired) electrons. The molecule has 0 atom stereocenters. The van der Waals surface area contributed by atoms with Gasteiger partial charge in [-0.25, -0.2) is 4.39 Å². The van der Waals surface area contributed by atoms with Gasteiger partial charge in [0.15, 0.2) is 0 Å². The molecule has 2 rings (SSSR count). The van der Waals surface area contributed by atoms with Crippen LogP contribution in [0.5, 0.6) is 11.5 Å². The number of hydrogen-bond acceptors (Lipinski definition) is 3. The zero-order chi connectivity index (χ0) is 13.1. The number of rotatable bonds is 3. The van der Waals surface area contributed by atoms with E-state index in [1.807, 2.05) is 0 Å². The average molecular weight is 312 g/mol. The van der Waals surface area contributed by atoms with Crippen molar-refractivity contribution in [1.29, 1.82) is 0 Å². The minimum Gasteiger partial charge on any atom is -0.508 e. The number of ether oxygens (including phenoxy) is 1.